The number of carbonyl (C=O) groups excluding carboxylic acids is 2. The number of halogens is 1. The number of benzene rings is 2. The number of para-hydroxylation sites is 1. The average molecular weight is 372 g/mol. The summed E-state index contributed by atoms with van der Waals surface area (Å²) in [6.07, 6.45) is 0.956. The summed E-state index contributed by atoms with van der Waals surface area (Å²) in [7, 11) is 0. The zero-order chi connectivity index (χ0) is 19.6. The third kappa shape index (κ3) is 6.73. The summed E-state index contributed by atoms with van der Waals surface area (Å²) in [5.74, 6) is -0.0529. The fourth-order valence-corrected chi connectivity index (χ4v) is 2.63. The molecule has 0 heterocycles. The van der Waals surface area contributed by atoms with E-state index in [9.17, 15) is 14.0 Å². The molecule has 5 nitrogen and oxygen atoms in total. The van der Waals surface area contributed by atoms with Gasteiger partial charge in [-0.05, 0) is 49.6 Å². The summed E-state index contributed by atoms with van der Waals surface area (Å²) in [5.41, 5.74) is 2.41. The summed E-state index contributed by atoms with van der Waals surface area (Å²) in [6.45, 7) is 5.05. The molecule has 2 amide bonds. The lowest BCUT2D eigenvalue weighted by Gasteiger charge is -2.12. The second-order valence-electron chi connectivity index (χ2n) is 6.29. The second-order valence-corrected chi connectivity index (χ2v) is 6.29. The molecule has 0 radical (unpaired) electrons. The Bertz CT molecular complexity index is 772. The van der Waals surface area contributed by atoms with Crippen LogP contribution in [-0.2, 0) is 4.79 Å². The van der Waals surface area contributed by atoms with Crippen LogP contribution < -0.4 is 15.4 Å². The van der Waals surface area contributed by atoms with Gasteiger partial charge in [-0.15, -0.1) is 0 Å². The van der Waals surface area contributed by atoms with Crippen LogP contribution >= 0.6 is 0 Å². The van der Waals surface area contributed by atoms with E-state index in [1.165, 1.54) is 24.3 Å². The van der Waals surface area contributed by atoms with Crippen LogP contribution in [-0.4, -0.2) is 31.5 Å². The van der Waals surface area contributed by atoms with E-state index in [1.54, 1.807) is 0 Å². The first-order valence-corrected chi connectivity index (χ1v) is 8.97. The molecule has 0 unspecified atom stereocenters. The Balaban J connectivity index is 1.59. The van der Waals surface area contributed by atoms with Gasteiger partial charge in [0.15, 0.2) is 0 Å². The third-order valence-electron chi connectivity index (χ3n) is 4.02. The number of amides is 2. The quantitative estimate of drug-likeness (QED) is 0.665. The second kappa shape index (κ2) is 10.3. The van der Waals surface area contributed by atoms with Crippen molar-refractivity contribution in [2.45, 2.75) is 26.7 Å². The van der Waals surface area contributed by atoms with Gasteiger partial charge in [0.25, 0.3) is 5.91 Å². The highest BCUT2D eigenvalue weighted by Gasteiger charge is 2.07. The lowest BCUT2D eigenvalue weighted by Crippen LogP contribution is -2.34. The Morgan fingerprint density at radius 3 is 2.37 bits per heavy atom. The molecule has 27 heavy (non-hydrogen) atoms. The molecule has 0 atom stereocenters. The topological polar surface area (TPSA) is 67.4 Å². The number of nitrogens with one attached hydrogen (secondary N) is 2. The fraction of sp³-hybridized carbons (Fsp3) is 0.333. The summed E-state index contributed by atoms with van der Waals surface area (Å²) in [5, 5.41) is 5.38. The highest BCUT2D eigenvalue weighted by molar-refractivity contribution is 5.94. The van der Waals surface area contributed by atoms with Gasteiger partial charge >= 0.3 is 0 Å². The van der Waals surface area contributed by atoms with Crippen LogP contribution in [0.4, 0.5) is 4.39 Å². The molecular formula is C21H25FN2O3. The lowest BCUT2D eigenvalue weighted by atomic mass is 10.1. The van der Waals surface area contributed by atoms with E-state index >= 15 is 0 Å². The van der Waals surface area contributed by atoms with Crippen molar-refractivity contribution in [1.29, 1.82) is 0 Å². The summed E-state index contributed by atoms with van der Waals surface area (Å²) in [6, 6.07) is 11.4. The maximum absolute atomic E-state index is 13.1. The van der Waals surface area contributed by atoms with Crippen molar-refractivity contribution in [1.82, 2.24) is 10.6 Å². The van der Waals surface area contributed by atoms with Crippen LogP contribution in [0.15, 0.2) is 42.5 Å². The van der Waals surface area contributed by atoms with Crippen molar-refractivity contribution in [2.24, 2.45) is 0 Å². The van der Waals surface area contributed by atoms with Crippen LogP contribution in [0.3, 0.4) is 0 Å². The van der Waals surface area contributed by atoms with E-state index in [1.807, 2.05) is 32.0 Å². The number of ether oxygens (including phenoxy) is 1. The molecule has 0 aliphatic rings. The largest absolute Gasteiger partial charge is 0.493 e. The van der Waals surface area contributed by atoms with Gasteiger partial charge in [-0.2, -0.15) is 0 Å². The van der Waals surface area contributed by atoms with E-state index in [0.29, 0.717) is 26.0 Å². The van der Waals surface area contributed by atoms with Crippen LogP contribution in [0.5, 0.6) is 5.75 Å². The number of hydrogen-bond donors (Lipinski definition) is 2. The van der Waals surface area contributed by atoms with E-state index in [4.69, 9.17) is 4.74 Å². The van der Waals surface area contributed by atoms with E-state index in [-0.39, 0.29) is 23.9 Å². The molecule has 2 rings (SSSR count). The van der Waals surface area contributed by atoms with Crippen molar-refractivity contribution in [3.63, 3.8) is 0 Å². The molecule has 0 saturated heterocycles. The minimum atomic E-state index is -0.459. The monoisotopic (exact) mass is 372 g/mol. The predicted molar refractivity (Wildman–Crippen MR) is 102 cm³/mol. The van der Waals surface area contributed by atoms with Crippen molar-refractivity contribution in [3.05, 3.63) is 65.0 Å². The first-order valence-electron chi connectivity index (χ1n) is 8.97. The van der Waals surface area contributed by atoms with Gasteiger partial charge in [0, 0.05) is 25.1 Å². The minimum absolute atomic E-state index is 0.0971. The Morgan fingerprint density at radius 2 is 1.67 bits per heavy atom. The van der Waals surface area contributed by atoms with Crippen molar-refractivity contribution < 1.29 is 18.7 Å². The molecule has 0 spiro atoms. The Hall–Kier alpha value is -2.89. The molecule has 0 aliphatic carbocycles. The number of rotatable bonds is 9. The van der Waals surface area contributed by atoms with Crippen molar-refractivity contribution in [2.75, 3.05) is 19.7 Å². The van der Waals surface area contributed by atoms with Crippen molar-refractivity contribution in [3.8, 4) is 5.75 Å². The molecular weight excluding hydrogens is 347 g/mol. The van der Waals surface area contributed by atoms with Crippen LogP contribution in [0.1, 0.15) is 34.3 Å². The Morgan fingerprint density at radius 1 is 1.00 bits per heavy atom. The summed E-state index contributed by atoms with van der Waals surface area (Å²) >= 11 is 0. The van der Waals surface area contributed by atoms with E-state index in [0.717, 1.165) is 16.9 Å². The maximum atomic E-state index is 13.1. The zero-order valence-corrected chi connectivity index (χ0v) is 15.7. The van der Waals surface area contributed by atoms with Gasteiger partial charge in [0.2, 0.25) is 5.91 Å². The zero-order valence-electron chi connectivity index (χ0n) is 15.7. The van der Waals surface area contributed by atoms with Crippen molar-refractivity contribution >= 4 is 11.8 Å². The first-order chi connectivity index (χ1) is 13.0. The molecule has 6 heteroatoms. The standard InChI is InChI=1S/C21H25FN2O3/c1-15-6-3-7-16(2)20(15)27-13-5-10-19(25)23-11-12-24-21(26)17-8-4-9-18(22)14-17/h3-4,6-9,14H,5,10-13H2,1-2H3,(H,23,25)(H,24,26). The molecule has 0 bridgehead atoms. The van der Waals surface area contributed by atoms with Gasteiger partial charge < -0.3 is 15.4 Å². The SMILES string of the molecule is Cc1cccc(C)c1OCCCC(=O)NCCNC(=O)c1cccc(F)c1. The molecule has 144 valence electrons. The van der Waals surface area contributed by atoms with Gasteiger partial charge in [0.1, 0.15) is 11.6 Å². The van der Waals surface area contributed by atoms with Gasteiger partial charge in [-0.1, -0.05) is 24.3 Å². The van der Waals surface area contributed by atoms with Gasteiger partial charge in [-0.3, -0.25) is 9.59 Å². The van der Waals surface area contributed by atoms with Crippen LogP contribution in [0.25, 0.3) is 0 Å². The fourth-order valence-electron chi connectivity index (χ4n) is 2.63. The Labute approximate surface area is 158 Å². The number of carbonyl (C=O) groups is 2. The number of aryl methyl sites for hydroxylation is 2. The van der Waals surface area contributed by atoms with Crippen LogP contribution in [0, 0.1) is 19.7 Å². The van der Waals surface area contributed by atoms with E-state index < -0.39 is 5.82 Å². The van der Waals surface area contributed by atoms with Crippen LogP contribution in [0.2, 0.25) is 0 Å². The normalized spacial score (nSPS) is 10.3. The molecule has 2 aromatic rings. The van der Waals surface area contributed by atoms with Gasteiger partial charge in [0.05, 0.1) is 6.61 Å². The average Bonchev–Trinajstić information content (AvgIpc) is 2.64. The lowest BCUT2D eigenvalue weighted by molar-refractivity contribution is -0.121. The maximum Gasteiger partial charge on any atom is 0.251 e. The highest BCUT2D eigenvalue weighted by Crippen LogP contribution is 2.22. The number of hydrogen-bond acceptors (Lipinski definition) is 3. The summed E-state index contributed by atoms with van der Waals surface area (Å²) in [4.78, 5) is 23.7. The molecule has 2 aromatic carbocycles. The molecule has 0 aromatic heterocycles. The molecule has 0 fully saturated rings. The molecule has 0 saturated carbocycles. The summed E-state index contributed by atoms with van der Waals surface area (Å²) < 4.78 is 18.8. The predicted octanol–water partition coefficient (Wildman–Crippen LogP) is 3.15. The smallest absolute Gasteiger partial charge is 0.251 e. The molecule has 2 N–H and O–H groups in total. The van der Waals surface area contributed by atoms with Gasteiger partial charge in [-0.25, -0.2) is 4.39 Å². The first kappa shape index (κ1) is 20.4. The minimum Gasteiger partial charge on any atom is -0.493 e. The highest BCUT2D eigenvalue weighted by atomic mass is 19.1. The molecule has 0 aliphatic heterocycles. The Kier molecular flexibility index (Phi) is 7.79. The van der Waals surface area contributed by atoms with E-state index in [2.05, 4.69) is 10.6 Å². The third-order valence-corrected chi connectivity index (χ3v) is 4.02.